The molecule has 12 heteroatoms. The van der Waals surface area contributed by atoms with E-state index in [2.05, 4.69) is 25.1 Å². The first-order valence-electron chi connectivity index (χ1n) is 15.4. The van der Waals surface area contributed by atoms with Gasteiger partial charge in [-0.2, -0.15) is 9.97 Å². The number of alkyl halides is 1. The van der Waals surface area contributed by atoms with Crippen molar-refractivity contribution in [3.63, 3.8) is 0 Å². The largest absolute Gasteiger partial charge is 0.508 e. The molecule has 44 heavy (non-hydrogen) atoms. The summed E-state index contributed by atoms with van der Waals surface area (Å²) in [6.07, 6.45) is 3.24. The van der Waals surface area contributed by atoms with Crippen molar-refractivity contribution >= 4 is 27.5 Å². The second-order valence-electron chi connectivity index (χ2n) is 12.9. The molecule has 9 nitrogen and oxygen atoms in total. The molecule has 1 unspecified atom stereocenters. The molecule has 5 aliphatic heterocycles. The average Bonchev–Trinajstić information content (AvgIpc) is 3.64. The molecule has 2 N–H and O–H groups in total. The normalized spacial score (nSPS) is 29.1. The number of halogens is 3. The van der Waals surface area contributed by atoms with E-state index in [1.54, 1.807) is 6.07 Å². The van der Waals surface area contributed by atoms with Gasteiger partial charge in [0.15, 0.2) is 5.82 Å². The number of aromatic hydroxyl groups is 1. The van der Waals surface area contributed by atoms with Crippen LogP contribution in [0.2, 0.25) is 0 Å². The Labute approximate surface area is 251 Å². The molecule has 4 aromatic rings. The number of rotatable bonds is 4. The maximum Gasteiger partial charge on any atom is 0.319 e. The van der Waals surface area contributed by atoms with Crippen LogP contribution in [0.15, 0.2) is 30.3 Å². The first-order chi connectivity index (χ1) is 21.4. The van der Waals surface area contributed by atoms with Gasteiger partial charge in [0, 0.05) is 42.5 Å². The molecule has 2 aromatic carbocycles. The van der Waals surface area contributed by atoms with Gasteiger partial charge in [0.2, 0.25) is 5.88 Å². The van der Waals surface area contributed by atoms with Gasteiger partial charge < -0.3 is 24.8 Å². The minimum absolute atomic E-state index is 0.00323. The summed E-state index contributed by atoms with van der Waals surface area (Å²) in [7, 11) is 0. The van der Waals surface area contributed by atoms with Crippen molar-refractivity contribution in [2.45, 2.75) is 61.9 Å². The van der Waals surface area contributed by atoms with Crippen LogP contribution >= 0.6 is 0 Å². The number of pyridine rings is 1. The summed E-state index contributed by atoms with van der Waals surface area (Å²) in [5.74, 6) is -0.881. The van der Waals surface area contributed by atoms with Gasteiger partial charge in [-0.25, -0.2) is 18.2 Å². The van der Waals surface area contributed by atoms with Crippen LogP contribution in [0.1, 0.15) is 32.1 Å². The monoisotopic (exact) mass is 604 g/mol. The summed E-state index contributed by atoms with van der Waals surface area (Å²) in [5.41, 5.74) is -0.593. The highest BCUT2D eigenvalue weighted by molar-refractivity contribution is 6.02. The lowest BCUT2D eigenvalue weighted by atomic mass is 9.95. The van der Waals surface area contributed by atoms with Crippen LogP contribution in [-0.2, 0) is 0 Å². The molecule has 2 bridgehead atoms. The first kappa shape index (κ1) is 26.5. The van der Waals surface area contributed by atoms with Gasteiger partial charge in [-0.1, -0.05) is 12.1 Å². The van der Waals surface area contributed by atoms with Crippen molar-refractivity contribution in [2.24, 2.45) is 0 Å². The van der Waals surface area contributed by atoms with E-state index in [9.17, 15) is 9.50 Å². The lowest BCUT2D eigenvalue weighted by molar-refractivity contribution is 0.107. The van der Waals surface area contributed by atoms with E-state index in [1.165, 1.54) is 24.3 Å². The SMILES string of the molecule is Oc1cc(-c2nc3c4c(nc(OC[C@]56CCCN5C[C@@H](F)C6)nc4c2F)N2CC4CC[C@H](N4)[C@@H]2CO3)c2c(F)cccc2c1. The molecule has 0 saturated carbocycles. The molecule has 7 heterocycles. The van der Waals surface area contributed by atoms with E-state index >= 15 is 8.78 Å². The average molecular weight is 605 g/mol. The summed E-state index contributed by atoms with van der Waals surface area (Å²) < 4.78 is 59.1. The number of nitrogens with zero attached hydrogens (tertiary/aromatic N) is 5. The smallest absolute Gasteiger partial charge is 0.319 e. The van der Waals surface area contributed by atoms with Gasteiger partial charge >= 0.3 is 6.01 Å². The molecule has 5 atom stereocenters. The summed E-state index contributed by atoms with van der Waals surface area (Å²) >= 11 is 0. The topological polar surface area (TPSA) is 95.9 Å². The number of nitrogens with one attached hydrogen (secondary N) is 1. The Bertz CT molecular complexity index is 1840. The molecular weight excluding hydrogens is 573 g/mol. The third-order valence-corrected chi connectivity index (χ3v) is 10.3. The third kappa shape index (κ3) is 3.89. The highest BCUT2D eigenvalue weighted by Crippen LogP contribution is 2.45. The Morgan fingerprint density at radius 1 is 1.11 bits per heavy atom. The lowest BCUT2D eigenvalue weighted by Crippen LogP contribution is -2.60. The van der Waals surface area contributed by atoms with Gasteiger partial charge in [0.05, 0.1) is 11.6 Å². The van der Waals surface area contributed by atoms with Crippen LogP contribution in [-0.4, -0.2) is 87.6 Å². The number of anilines is 1. The molecular formula is C32H31F3N6O3. The molecule has 4 saturated heterocycles. The molecule has 2 aromatic heterocycles. The van der Waals surface area contributed by atoms with E-state index in [1.807, 2.05) is 0 Å². The quantitative estimate of drug-likeness (QED) is 0.350. The Morgan fingerprint density at radius 2 is 2.02 bits per heavy atom. The van der Waals surface area contributed by atoms with E-state index in [-0.39, 0.29) is 71.1 Å². The maximum absolute atomic E-state index is 16.8. The van der Waals surface area contributed by atoms with Gasteiger partial charge in [-0.3, -0.25) is 4.90 Å². The molecule has 0 aliphatic carbocycles. The summed E-state index contributed by atoms with van der Waals surface area (Å²) in [5, 5.41) is 15.0. The number of aromatic nitrogens is 3. The first-order valence-corrected chi connectivity index (χ1v) is 15.4. The molecule has 0 radical (unpaired) electrons. The Kier molecular flexibility index (Phi) is 5.75. The highest BCUT2D eigenvalue weighted by Gasteiger charge is 2.50. The number of hydrogen-bond acceptors (Lipinski definition) is 9. The fourth-order valence-corrected chi connectivity index (χ4v) is 8.36. The number of phenols is 1. The van der Waals surface area contributed by atoms with E-state index < -0.39 is 23.3 Å². The summed E-state index contributed by atoms with van der Waals surface area (Å²) in [4.78, 5) is 18.3. The predicted octanol–water partition coefficient (Wildman–Crippen LogP) is 4.49. The van der Waals surface area contributed by atoms with Crippen molar-refractivity contribution in [3.8, 4) is 28.9 Å². The summed E-state index contributed by atoms with van der Waals surface area (Å²) in [6.45, 7) is 2.34. The second kappa shape index (κ2) is 9.55. The molecule has 9 rings (SSSR count). The minimum atomic E-state index is -0.915. The van der Waals surface area contributed by atoms with Crippen molar-refractivity contribution in [1.82, 2.24) is 25.2 Å². The zero-order valence-electron chi connectivity index (χ0n) is 23.9. The van der Waals surface area contributed by atoms with Crippen molar-refractivity contribution in [3.05, 3.63) is 42.0 Å². The molecule has 228 valence electrons. The number of piperazine rings is 1. The van der Waals surface area contributed by atoms with Gasteiger partial charge in [-0.05, 0) is 55.8 Å². The zero-order chi connectivity index (χ0) is 29.7. The molecule has 0 spiro atoms. The number of hydrogen-bond donors (Lipinski definition) is 2. The van der Waals surface area contributed by atoms with Crippen molar-refractivity contribution in [1.29, 1.82) is 0 Å². The van der Waals surface area contributed by atoms with Crippen molar-refractivity contribution in [2.75, 3.05) is 37.7 Å². The summed E-state index contributed by atoms with van der Waals surface area (Å²) in [6, 6.07) is 7.54. The second-order valence-corrected chi connectivity index (χ2v) is 12.9. The van der Waals surface area contributed by atoms with Crippen LogP contribution < -0.4 is 19.7 Å². The number of ether oxygens (including phenoxy) is 2. The molecule has 4 fully saturated rings. The number of benzene rings is 2. The Hall–Kier alpha value is -3.90. The maximum atomic E-state index is 16.8. The van der Waals surface area contributed by atoms with E-state index in [0.29, 0.717) is 36.1 Å². The molecule has 0 amide bonds. The van der Waals surface area contributed by atoms with Gasteiger partial charge in [0.1, 0.15) is 53.4 Å². The van der Waals surface area contributed by atoms with Gasteiger partial charge in [-0.15, -0.1) is 0 Å². The standard InChI is InChI=1S/C32H31F3N6O3/c33-17-11-32(7-2-8-40(32)12-17)15-44-31-38-28-25-29(39-31)41-13-18-5-6-22(36-18)23(41)14-43-30(25)37-27(26(28)35)20-10-19(42)9-16-3-1-4-21(34)24(16)20/h1,3-4,9-10,17-18,22-23,36,42H,2,5-8,11-15H2/t17-,18?,22-,23-,32+/m0/s1. The van der Waals surface area contributed by atoms with Crippen LogP contribution in [0.3, 0.4) is 0 Å². The minimum Gasteiger partial charge on any atom is -0.508 e. The molecule has 5 aliphatic rings. The van der Waals surface area contributed by atoms with E-state index in [0.717, 1.165) is 32.2 Å². The lowest BCUT2D eigenvalue weighted by Gasteiger charge is -2.40. The van der Waals surface area contributed by atoms with Crippen LogP contribution in [0.5, 0.6) is 17.6 Å². The van der Waals surface area contributed by atoms with Crippen molar-refractivity contribution < 1.29 is 27.8 Å². The number of fused-ring (bicyclic) bond motifs is 7. The highest BCUT2D eigenvalue weighted by atomic mass is 19.1. The van der Waals surface area contributed by atoms with Gasteiger partial charge in [0.25, 0.3) is 0 Å². The van der Waals surface area contributed by atoms with Crippen LogP contribution in [0, 0.1) is 11.6 Å². The predicted molar refractivity (Wildman–Crippen MR) is 157 cm³/mol. The van der Waals surface area contributed by atoms with Crippen LogP contribution in [0.25, 0.3) is 32.9 Å². The number of phenolic OH excluding ortho intramolecular Hbond substituents is 1. The fraction of sp³-hybridized carbons (Fsp3) is 0.469. The Balaban J connectivity index is 1.23. The zero-order valence-corrected chi connectivity index (χ0v) is 23.9. The third-order valence-electron chi connectivity index (χ3n) is 10.3. The van der Waals surface area contributed by atoms with Crippen LogP contribution in [0.4, 0.5) is 19.0 Å². The fourth-order valence-electron chi connectivity index (χ4n) is 8.36. The Morgan fingerprint density at radius 3 is 2.93 bits per heavy atom. The van der Waals surface area contributed by atoms with E-state index in [4.69, 9.17) is 14.5 Å².